The van der Waals surface area contributed by atoms with Crippen LogP contribution in [0.2, 0.25) is 0 Å². The van der Waals surface area contributed by atoms with Crippen molar-refractivity contribution < 1.29 is 14.0 Å². The van der Waals surface area contributed by atoms with Crippen LogP contribution in [0.4, 0.5) is 4.79 Å². The van der Waals surface area contributed by atoms with Gasteiger partial charge in [-0.15, -0.1) is 0 Å². The first kappa shape index (κ1) is 13.5. The molecule has 3 amide bonds. The van der Waals surface area contributed by atoms with Gasteiger partial charge in [0.2, 0.25) is 5.91 Å². The van der Waals surface area contributed by atoms with Gasteiger partial charge in [0.15, 0.2) is 0 Å². The minimum Gasteiger partial charge on any atom is -0.467 e. The van der Waals surface area contributed by atoms with Crippen molar-refractivity contribution in [2.75, 3.05) is 13.6 Å². The molecule has 0 spiro atoms. The van der Waals surface area contributed by atoms with E-state index in [0.29, 0.717) is 25.3 Å². The van der Waals surface area contributed by atoms with Gasteiger partial charge < -0.3 is 20.0 Å². The second-order valence-corrected chi connectivity index (χ2v) is 4.72. The monoisotopic (exact) mass is 265 g/mol. The molecule has 19 heavy (non-hydrogen) atoms. The molecule has 1 aromatic heterocycles. The van der Waals surface area contributed by atoms with Crippen LogP contribution in [0, 0.1) is 0 Å². The van der Waals surface area contributed by atoms with E-state index in [9.17, 15) is 9.59 Å². The number of amides is 3. The van der Waals surface area contributed by atoms with Crippen molar-refractivity contribution in [1.29, 1.82) is 0 Å². The van der Waals surface area contributed by atoms with Crippen molar-refractivity contribution in [3.05, 3.63) is 24.2 Å². The molecule has 1 unspecified atom stereocenters. The third-order valence-electron chi connectivity index (χ3n) is 3.15. The minimum atomic E-state index is -0.436. The average Bonchev–Trinajstić information content (AvgIpc) is 2.81. The fourth-order valence-corrected chi connectivity index (χ4v) is 2.04. The van der Waals surface area contributed by atoms with Crippen LogP contribution in [-0.2, 0) is 11.3 Å². The molecule has 2 heterocycles. The molecule has 1 aliphatic heterocycles. The van der Waals surface area contributed by atoms with Crippen LogP contribution in [-0.4, -0.2) is 36.5 Å². The van der Waals surface area contributed by atoms with E-state index >= 15 is 0 Å². The molecule has 0 aromatic carbocycles. The summed E-state index contributed by atoms with van der Waals surface area (Å²) in [6.07, 6.45) is 4.15. The van der Waals surface area contributed by atoms with E-state index in [1.54, 1.807) is 19.4 Å². The van der Waals surface area contributed by atoms with Crippen molar-refractivity contribution in [3.63, 3.8) is 0 Å². The summed E-state index contributed by atoms with van der Waals surface area (Å²) in [6, 6.07) is 2.88. The summed E-state index contributed by atoms with van der Waals surface area (Å²) in [6.45, 7) is 1.07. The highest BCUT2D eigenvalue weighted by molar-refractivity contribution is 5.87. The molecule has 2 N–H and O–H groups in total. The Bertz CT molecular complexity index is 430. The van der Waals surface area contributed by atoms with Gasteiger partial charge in [0, 0.05) is 13.6 Å². The first-order valence-corrected chi connectivity index (χ1v) is 6.48. The Morgan fingerprint density at radius 2 is 2.42 bits per heavy atom. The Morgan fingerprint density at radius 3 is 3.16 bits per heavy atom. The topological polar surface area (TPSA) is 74.6 Å². The van der Waals surface area contributed by atoms with Gasteiger partial charge in [-0.3, -0.25) is 4.79 Å². The first-order chi connectivity index (χ1) is 9.16. The van der Waals surface area contributed by atoms with E-state index in [2.05, 4.69) is 10.6 Å². The molecular formula is C13H19N3O3. The van der Waals surface area contributed by atoms with E-state index < -0.39 is 6.04 Å². The van der Waals surface area contributed by atoms with Crippen LogP contribution in [0.1, 0.15) is 25.0 Å². The maximum Gasteiger partial charge on any atom is 0.318 e. The summed E-state index contributed by atoms with van der Waals surface area (Å²) in [5.74, 6) is 0.611. The van der Waals surface area contributed by atoms with Crippen LogP contribution < -0.4 is 10.6 Å². The number of nitrogens with zero attached hydrogens (tertiary/aromatic N) is 1. The van der Waals surface area contributed by atoms with Gasteiger partial charge in [0.05, 0.1) is 12.8 Å². The average molecular weight is 265 g/mol. The van der Waals surface area contributed by atoms with Gasteiger partial charge in [-0.2, -0.15) is 0 Å². The van der Waals surface area contributed by atoms with Gasteiger partial charge in [-0.1, -0.05) is 0 Å². The van der Waals surface area contributed by atoms with Crippen LogP contribution in [0.15, 0.2) is 22.8 Å². The molecule has 0 radical (unpaired) electrons. The molecule has 1 fully saturated rings. The lowest BCUT2D eigenvalue weighted by Gasteiger charge is -2.21. The maximum atomic E-state index is 12.0. The molecule has 6 heteroatoms. The Kier molecular flexibility index (Phi) is 4.43. The van der Waals surface area contributed by atoms with Gasteiger partial charge in [0.25, 0.3) is 0 Å². The summed E-state index contributed by atoms with van der Waals surface area (Å²) >= 11 is 0. The lowest BCUT2D eigenvalue weighted by molar-refractivity contribution is -0.122. The summed E-state index contributed by atoms with van der Waals surface area (Å²) in [5, 5.41) is 5.55. The second-order valence-electron chi connectivity index (χ2n) is 4.72. The lowest BCUT2D eigenvalue weighted by Crippen LogP contribution is -2.49. The van der Waals surface area contributed by atoms with Crippen molar-refractivity contribution in [3.8, 4) is 0 Å². The Labute approximate surface area is 112 Å². The highest BCUT2D eigenvalue weighted by Crippen LogP contribution is 2.07. The molecule has 1 atom stereocenters. The van der Waals surface area contributed by atoms with Crippen molar-refractivity contribution in [2.24, 2.45) is 0 Å². The largest absolute Gasteiger partial charge is 0.467 e. The predicted octanol–water partition coefficient (Wildman–Crippen LogP) is 1.09. The molecule has 0 bridgehead atoms. The number of carbonyl (C=O) groups excluding carboxylic acids is 2. The molecule has 0 aliphatic carbocycles. The van der Waals surface area contributed by atoms with Gasteiger partial charge in [0.1, 0.15) is 11.8 Å². The smallest absolute Gasteiger partial charge is 0.318 e. The second kappa shape index (κ2) is 6.26. The van der Waals surface area contributed by atoms with E-state index in [1.165, 1.54) is 4.90 Å². The Morgan fingerprint density at radius 1 is 1.58 bits per heavy atom. The Hall–Kier alpha value is -1.98. The van der Waals surface area contributed by atoms with Crippen molar-refractivity contribution >= 4 is 11.9 Å². The predicted molar refractivity (Wildman–Crippen MR) is 69.4 cm³/mol. The first-order valence-electron chi connectivity index (χ1n) is 6.48. The number of carbonyl (C=O) groups is 2. The highest BCUT2D eigenvalue weighted by Gasteiger charge is 2.23. The van der Waals surface area contributed by atoms with Crippen molar-refractivity contribution in [1.82, 2.24) is 15.5 Å². The zero-order valence-electron chi connectivity index (χ0n) is 11.0. The molecule has 1 saturated heterocycles. The number of nitrogens with one attached hydrogen (secondary N) is 2. The molecule has 6 nitrogen and oxygen atoms in total. The fourth-order valence-electron chi connectivity index (χ4n) is 2.04. The highest BCUT2D eigenvalue weighted by atomic mass is 16.3. The van der Waals surface area contributed by atoms with E-state index in [1.807, 2.05) is 6.07 Å². The van der Waals surface area contributed by atoms with Crippen LogP contribution in [0.5, 0.6) is 0 Å². The Balaban J connectivity index is 1.86. The molecule has 2 rings (SSSR count). The fraction of sp³-hybridized carbons (Fsp3) is 0.538. The van der Waals surface area contributed by atoms with Gasteiger partial charge >= 0.3 is 6.03 Å². The number of furan rings is 1. The quantitative estimate of drug-likeness (QED) is 0.859. The van der Waals surface area contributed by atoms with Gasteiger partial charge in [-0.25, -0.2) is 4.79 Å². The summed E-state index contributed by atoms with van der Waals surface area (Å²) in [4.78, 5) is 25.2. The standard InChI is InChI=1S/C13H19N3O3/c1-16(9-10-5-4-8-19-10)13(18)15-11-6-2-3-7-14-12(11)17/h4-5,8,11H,2-3,6-7,9H2,1H3,(H,14,17)(H,15,18). The summed E-state index contributed by atoms with van der Waals surface area (Å²) < 4.78 is 5.18. The molecule has 1 aromatic rings. The SMILES string of the molecule is CN(Cc1ccco1)C(=O)NC1CCCCNC1=O. The molecular weight excluding hydrogens is 246 g/mol. The normalized spacial score (nSPS) is 19.4. The molecule has 0 saturated carbocycles. The van der Waals surface area contributed by atoms with Crippen LogP contribution >= 0.6 is 0 Å². The lowest BCUT2D eigenvalue weighted by atomic mass is 10.1. The third-order valence-corrected chi connectivity index (χ3v) is 3.15. The van der Waals surface area contributed by atoms with Crippen molar-refractivity contribution in [2.45, 2.75) is 31.8 Å². The number of hydrogen-bond acceptors (Lipinski definition) is 3. The van der Waals surface area contributed by atoms with E-state index in [0.717, 1.165) is 12.8 Å². The number of hydrogen-bond donors (Lipinski definition) is 2. The number of urea groups is 1. The van der Waals surface area contributed by atoms with E-state index in [-0.39, 0.29) is 11.9 Å². The van der Waals surface area contributed by atoms with Crippen LogP contribution in [0.3, 0.4) is 0 Å². The number of rotatable bonds is 3. The maximum absolute atomic E-state index is 12.0. The molecule has 104 valence electrons. The zero-order valence-corrected chi connectivity index (χ0v) is 11.0. The van der Waals surface area contributed by atoms with E-state index in [4.69, 9.17) is 4.42 Å². The van der Waals surface area contributed by atoms with Gasteiger partial charge in [-0.05, 0) is 31.4 Å². The minimum absolute atomic E-state index is 0.0998. The van der Waals surface area contributed by atoms with Crippen LogP contribution in [0.25, 0.3) is 0 Å². The summed E-state index contributed by atoms with van der Waals surface area (Å²) in [5.41, 5.74) is 0. The molecule has 1 aliphatic rings. The zero-order chi connectivity index (χ0) is 13.7. The third kappa shape index (κ3) is 3.74. The summed E-state index contributed by atoms with van der Waals surface area (Å²) in [7, 11) is 1.67.